The van der Waals surface area contributed by atoms with E-state index in [0.717, 1.165) is 5.57 Å². The highest BCUT2D eigenvalue weighted by Crippen LogP contribution is 2.04. The molecule has 0 saturated carbocycles. The highest BCUT2D eigenvalue weighted by molar-refractivity contribution is 5.25. The van der Waals surface area contributed by atoms with Crippen molar-refractivity contribution in [1.29, 1.82) is 0 Å². The molecular weight excluding hydrogens is 124 g/mol. The van der Waals surface area contributed by atoms with Crippen LogP contribution in [-0.2, 0) is 0 Å². The van der Waals surface area contributed by atoms with Crippen LogP contribution in [0.15, 0.2) is 35.6 Å². The second-order valence-corrected chi connectivity index (χ2v) is 2.05. The van der Waals surface area contributed by atoms with Crippen LogP contribution in [0.4, 0.5) is 0 Å². The standard InChI is InChI=1S/C9H14O/c1-4-6-7-8(3)9(10)5-2/h4-7,10H,1-3H3/b6-4-,8-7-,9-5+. The van der Waals surface area contributed by atoms with E-state index in [1.807, 2.05) is 39.0 Å². The number of rotatable bonds is 2. The van der Waals surface area contributed by atoms with Gasteiger partial charge in [0, 0.05) is 0 Å². The van der Waals surface area contributed by atoms with Gasteiger partial charge in [0.15, 0.2) is 0 Å². The van der Waals surface area contributed by atoms with Gasteiger partial charge in [0.2, 0.25) is 0 Å². The zero-order chi connectivity index (χ0) is 7.98. The summed E-state index contributed by atoms with van der Waals surface area (Å²) >= 11 is 0. The van der Waals surface area contributed by atoms with Crippen LogP contribution in [-0.4, -0.2) is 5.11 Å². The first-order chi connectivity index (χ1) is 4.72. The van der Waals surface area contributed by atoms with E-state index >= 15 is 0 Å². The first-order valence-electron chi connectivity index (χ1n) is 3.37. The van der Waals surface area contributed by atoms with Crippen LogP contribution in [0.2, 0.25) is 0 Å². The molecule has 0 aromatic rings. The van der Waals surface area contributed by atoms with Crippen LogP contribution in [0.25, 0.3) is 0 Å². The molecule has 0 fully saturated rings. The summed E-state index contributed by atoms with van der Waals surface area (Å²) in [4.78, 5) is 0. The molecule has 0 heterocycles. The molecule has 1 N–H and O–H groups in total. The number of allylic oxidation sites excluding steroid dienone is 5. The van der Waals surface area contributed by atoms with Crippen molar-refractivity contribution in [2.24, 2.45) is 0 Å². The number of hydrogen-bond acceptors (Lipinski definition) is 1. The fourth-order valence-electron chi connectivity index (χ4n) is 0.554. The maximum atomic E-state index is 9.11. The Balaban J connectivity index is 4.19. The van der Waals surface area contributed by atoms with E-state index in [-0.39, 0.29) is 0 Å². The summed E-state index contributed by atoms with van der Waals surface area (Å²) in [5.74, 6) is 0.345. The highest BCUT2D eigenvalue weighted by Gasteiger charge is 1.89. The van der Waals surface area contributed by atoms with Crippen LogP contribution in [0, 0.1) is 0 Å². The van der Waals surface area contributed by atoms with Crippen LogP contribution >= 0.6 is 0 Å². The molecule has 0 saturated heterocycles. The quantitative estimate of drug-likeness (QED) is 0.459. The molecule has 0 spiro atoms. The highest BCUT2D eigenvalue weighted by atomic mass is 16.3. The van der Waals surface area contributed by atoms with Crippen molar-refractivity contribution >= 4 is 0 Å². The van der Waals surface area contributed by atoms with Crippen molar-refractivity contribution in [2.75, 3.05) is 0 Å². The molecule has 0 aliphatic carbocycles. The largest absolute Gasteiger partial charge is 0.508 e. The average Bonchev–Trinajstić information content (AvgIpc) is 1.98. The van der Waals surface area contributed by atoms with E-state index in [1.54, 1.807) is 6.08 Å². The molecule has 0 aromatic carbocycles. The molecule has 0 unspecified atom stereocenters. The van der Waals surface area contributed by atoms with Gasteiger partial charge >= 0.3 is 0 Å². The lowest BCUT2D eigenvalue weighted by molar-refractivity contribution is 0.422. The SMILES string of the molecule is C\C=C/C=C(C)\C(O)=C/C. The minimum Gasteiger partial charge on any atom is -0.508 e. The average molecular weight is 138 g/mol. The summed E-state index contributed by atoms with van der Waals surface area (Å²) in [6.07, 6.45) is 7.37. The summed E-state index contributed by atoms with van der Waals surface area (Å²) in [6, 6.07) is 0. The molecule has 0 rings (SSSR count). The van der Waals surface area contributed by atoms with Crippen molar-refractivity contribution in [1.82, 2.24) is 0 Å². The van der Waals surface area contributed by atoms with E-state index in [4.69, 9.17) is 5.11 Å². The van der Waals surface area contributed by atoms with E-state index in [1.165, 1.54) is 0 Å². The van der Waals surface area contributed by atoms with Crippen molar-refractivity contribution in [3.8, 4) is 0 Å². The molecule has 0 bridgehead atoms. The third-order valence-electron chi connectivity index (χ3n) is 1.22. The zero-order valence-electron chi connectivity index (χ0n) is 6.76. The lowest BCUT2D eigenvalue weighted by atomic mass is 10.2. The van der Waals surface area contributed by atoms with Gasteiger partial charge in [-0.2, -0.15) is 0 Å². The number of hydrogen-bond donors (Lipinski definition) is 1. The summed E-state index contributed by atoms with van der Waals surface area (Å²) in [5, 5.41) is 9.11. The topological polar surface area (TPSA) is 20.2 Å². The van der Waals surface area contributed by atoms with Crippen LogP contribution in [0.1, 0.15) is 20.8 Å². The van der Waals surface area contributed by atoms with Gasteiger partial charge in [-0.3, -0.25) is 0 Å². The zero-order valence-corrected chi connectivity index (χ0v) is 6.76. The Morgan fingerprint density at radius 2 is 1.90 bits per heavy atom. The van der Waals surface area contributed by atoms with Crippen molar-refractivity contribution < 1.29 is 5.11 Å². The van der Waals surface area contributed by atoms with Gasteiger partial charge in [-0.05, 0) is 32.4 Å². The molecular formula is C9H14O. The van der Waals surface area contributed by atoms with E-state index in [2.05, 4.69) is 0 Å². The molecule has 56 valence electrons. The third-order valence-corrected chi connectivity index (χ3v) is 1.22. The van der Waals surface area contributed by atoms with Gasteiger partial charge in [0.1, 0.15) is 5.76 Å². The predicted octanol–water partition coefficient (Wildman–Crippen LogP) is 2.97. The lowest BCUT2D eigenvalue weighted by Gasteiger charge is -1.94. The minimum absolute atomic E-state index is 0.345. The van der Waals surface area contributed by atoms with Crippen molar-refractivity contribution in [2.45, 2.75) is 20.8 Å². The van der Waals surface area contributed by atoms with Gasteiger partial charge < -0.3 is 5.11 Å². The van der Waals surface area contributed by atoms with Gasteiger partial charge in [0.25, 0.3) is 0 Å². The van der Waals surface area contributed by atoms with Gasteiger partial charge in [-0.1, -0.05) is 18.2 Å². The van der Waals surface area contributed by atoms with Crippen molar-refractivity contribution in [3.63, 3.8) is 0 Å². The molecule has 0 amide bonds. The number of aliphatic hydroxyl groups excluding tert-OH is 1. The number of aliphatic hydroxyl groups is 1. The Kier molecular flexibility index (Phi) is 4.38. The predicted molar refractivity (Wildman–Crippen MR) is 45.0 cm³/mol. The second kappa shape index (κ2) is 4.86. The summed E-state index contributed by atoms with van der Waals surface area (Å²) in [5.41, 5.74) is 0.889. The molecule has 1 nitrogen and oxygen atoms in total. The second-order valence-electron chi connectivity index (χ2n) is 2.05. The Bertz CT molecular complexity index is 173. The summed E-state index contributed by atoms with van der Waals surface area (Å²) in [6.45, 7) is 5.62. The molecule has 1 heteroatoms. The Hall–Kier alpha value is -0.980. The van der Waals surface area contributed by atoms with Gasteiger partial charge in [-0.25, -0.2) is 0 Å². The Morgan fingerprint density at radius 1 is 1.30 bits per heavy atom. The Morgan fingerprint density at radius 3 is 2.30 bits per heavy atom. The summed E-state index contributed by atoms with van der Waals surface area (Å²) in [7, 11) is 0. The van der Waals surface area contributed by atoms with Crippen LogP contribution < -0.4 is 0 Å². The minimum atomic E-state index is 0.345. The fourth-order valence-corrected chi connectivity index (χ4v) is 0.554. The van der Waals surface area contributed by atoms with E-state index in [0.29, 0.717) is 5.76 Å². The van der Waals surface area contributed by atoms with Gasteiger partial charge in [0.05, 0.1) is 0 Å². The molecule has 0 aromatic heterocycles. The fraction of sp³-hybridized carbons (Fsp3) is 0.333. The smallest absolute Gasteiger partial charge is 0.114 e. The molecule has 0 atom stereocenters. The van der Waals surface area contributed by atoms with Crippen LogP contribution in [0.5, 0.6) is 0 Å². The normalized spacial score (nSPS) is 14.7. The van der Waals surface area contributed by atoms with Crippen LogP contribution in [0.3, 0.4) is 0 Å². The third kappa shape index (κ3) is 3.13. The van der Waals surface area contributed by atoms with Gasteiger partial charge in [-0.15, -0.1) is 0 Å². The molecule has 10 heavy (non-hydrogen) atoms. The first kappa shape index (κ1) is 9.02. The summed E-state index contributed by atoms with van der Waals surface area (Å²) < 4.78 is 0. The maximum Gasteiger partial charge on any atom is 0.114 e. The lowest BCUT2D eigenvalue weighted by Crippen LogP contribution is -1.80. The van der Waals surface area contributed by atoms with E-state index < -0.39 is 0 Å². The van der Waals surface area contributed by atoms with Crippen molar-refractivity contribution in [3.05, 3.63) is 35.6 Å². The monoisotopic (exact) mass is 138 g/mol. The maximum absolute atomic E-state index is 9.11. The Labute approximate surface area is 62.4 Å². The molecule has 0 aliphatic heterocycles. The molecule has 0 aliphatic rings. The first-order valence-corrected chi connectivity index (χ1v) is 3.37. The van der Waals surface area contributed by atoms with E-state index in [9.17, 15) is 0 Å². The molecule has 0 radical (unpaired) electrons.